The summed E-state index contributed by atoms with van der Waals surface area (Å²) >= 11 is 0. The van der Waals surface area contributed by atoms with Gasteiger partial charge in [0.2, 0.25) is 0 Å². The Bertz CT molecular complexity index is 1420. The molecule has 10 heteroatoms. The Morgan fingerprint density at radius 2 is 1.39 bits per heavy atom. The Kier molecular flexibility index (Phi) is 10.4. The van der Waals surface area contributed by atoms with E-state index in [-0.39, 0.29) is 75.9 Å². The van der Waals surface area contributed by atoms with Crippen LogP contribution in [0.3, 0.4) is 0 Å². The maximum atomic E-state index is 13.2. The number of hydrogen-bond acceptors (Lipinski definition) is 5. The summed E-state index contributed by atoms with van der Waals surface area (Å²) in [5, 5.41) is 10.6. The number of aryl methyl sites for hydroxylation is 2. The van der Waals surface area contributed by atoms with Crippen molar-refractivity contribution in [2.24, 2.45) is 0 Å². The van der Waals surface area contributed by atoms with Crippen molar-refractivity contribution in [2.45, 2.75) is 59.0 Å². The van der Waals surface area contributed by atoms with Crippen LogP contribution in [0.2, 0.25) is 0 Å². The normalized spacial score (nSPS) is 16.5. The van der Waals surface area contributed by atoms with Gasteiger partial charge >= 0.3 is 66.4 Å². The minimum absolute atomic E-state index is 0. The fourth-order valence-electron chi connectivity index (χ4n) is 5.05. The molecule has 38 heavy (non-hydrogen) atoms. The van der Waals surface area contributed by atoms with Crippen LogP contribution in [0.25, 0.3) is 0 Å². The number of aromatic hydroxyl groups is 1. The third-order valence-corrected chi connectivity index (χ3v) is 7.16. The number of fused-ring (bicyclic) bond motifs is 1. The molecule has 0 saturated carbocycles. The zero-order valence-electron chi connectivity index (χ0n) is 22.9. The second-order valence-corrected chi connectivity index (χ2v) is 11.1. The third kappa shape index (κ3) is 5.88. The van der Waals surface area contributed by atoms with Crippen LogP contribution in [-0.2, 0) is 14.9 Å². The van der Waals surface area contributed by atoms with Gasteiger partial charge in [-0.05, 0) is 78.3 Å². The van der Waals surface area contributed by atoms with Gasteiger partial charge in [-0.25, -0.2) is 9.36 Å². The quantitative estimate of drug-likeness (QED) is 0.243. The summed E-state index contributed by atoms with van der Waals surface area (Å²) in [6, 6.07) is 14.2. The first kappa shape index (κ1) is 32.9. The smallest absolute Gasteiger partial charge is 0.508 e. The van der Waals surface area contributed by atoms with E-state index in [9.17, 15) is 24.3 Å². The standard InChI is InChI=1S/C28H31O7P.Mg.Na/c1-15(2)20-13-23(17(5)11-25(20)29)28(22-10-8-7-9-19(22)27(30)34-28)24-14-21(16(3)4)26(12-18(24)6)35-36(31,32)33;;/h7-16,29H,1-6H3,(H2,31,32,33);;/q;+2;+1. The summed E-state index contributed by atoms with van der Waals surface area (Å²) in [5.74, 6) is -0.352. The van der Waals surface area contributed by atoms with Crippen molar-refractivity contribution in [3.8, 4) is 11.5 Å². The molecule has 0 saturated heterocycles. The maximum Gasteiger partial charge on any atom is 2.00 e. The number of hydrogen-bond donors (Lipinski definition) is 3. The van der Waals surface area contributed by atoms with E-state index in [4.69, 9.17) is 9.26 Å². The molecule has 0 bridgehead atoms. The molecule has 0 radical (unpaired) electrons. The van der Waals surface area contributed by atoms with Crippen LogP contribution in [0.15, 0.2) is 48.5 Å². The number of phosphoric acid groups is 1. The van der Waals surface area contributed by atoms with Gasteiger partial charge in [0, 0.05) is 16.7 Å². The number of carbonyl (C=O) groups excluding carboxylic acids is 1. The van der Waals surface area contributed by atoms with E-state index >= 15 is 0 Å². The number of esters is 1. The Balaban J connectivity index is 0.00000253. The molecule has 1 heterocycles. The van der Waals surface area contributed by atoms with E-state index in [0.717, 1.165) is 11.1 Å². The molecule has 1 aliphatic rings. The maximum absolute atomic E-state index is 13.2. The van der Waals surface area contributed by atoms with Crippen molar-refractivity contribution < 1.29 is 63.1 Å². The van der Waals surface area contributed by atoms with E-state index in [1.54, 1.807) is 31.2 Å². The first-order valence-electron chi connectivity index (χ1n) is 11.8. The number of phenolic OH excluding ortho intramolecular Hbond substituents is 1. The van der Waals surface area contributed by atoms with Crippen molar-refractivity contribution >= 4 is 36.8 Å². The van der Waals surface area contributed by atoms with Crippen LogP contribution < -0.4 is 34.1 Å². The van der Waals surface area contributed by atoms with Crippen molar-refractivity contribution in [1.82, 2.24) is 0 Å². The van der Waals surface area contributed by atoms with Crippen LogP contribution in [0.4, 0.5) is 0 Å². The van der Waals surface area contributed by atoms with Gasteiger partial charge in [0.25, 0.3) is 0 Å². The molecule has 0 fully saturated rings. The fourth-order valence-corrected chi connectivity index (χ4v) is 5.46. The van der Waals surface area contributed by atoms with Crippen LogP contribution in [0, 0.1) is 13.8 Å². The number of cyclic esters (lactones) is 1. The van der Waals surface area contributed by atoms with Crippen LogP contribution in [0.5, 0.6) is 11.5 Å². The molecule has 0 spiro atoms. The number of phosphoric ester groups is 1. The predicted octanol–water partition coefficient (Wildman–Crippen LogP) is 2.81. The summed E-state index contributed by atoms with van der Waals surface area (Å²) in [6.07, 6.45) is 0. The monoisotopic (exact) mass is 557 g/mol. The van der Waals surface area contributed by atoms with Gasteiger partial charge in [0.15, 0.2) is 5.60 Å². The molecule has 7 nitrogen and oxygen atoms in total. The van der Waals surface area contributed by atoms with Gasteiger partial charge in [-0.1, -0.05) is 45.9 Å². The summed E-state index contributed by atoms with van der Waals surface area (Å²) in [7, 11) is -4.80. The summed E-state index contributed by atoms with van der Waals surface area (Å²) in [4.78, 5) is 32.2. The third-order valence-electron chi connectivity index (χ3n) is 6.72. The molecular formula is C28H31MgNaO7P+3. The molecule has 1 unspecified atom stereocenters. The van der Waals surface area contributed by atoms with Crippen molar-refractivity contribution in [3.05, 3.63) is 93.0 Å². The molecule has 0 aliphatic carbocycles. The zero-order chi connectivity index (χ0) is 26.6. The van der Waals surface area contributed by atoms with Gasteiger partial charge in [0.05, 0.1) is 5.56 Å². The molecule has 0 aromatic heterocycles. The average molecular weight is 558 g/mol. The van der Waals surface area contributed by atoms with Gasteiger partial charge in [-0.2, -0.15) is 0 Å². The molecular weight excluding hydrogens is 527 g/mol. The van der Waals surface area contributed by atoms with Crippen molar-refractivity contribution in [1.29, 1.82) is 0 Å². The number of carbonyl (C=O) groups is 1. The Labute approximate surface area is 261 Å². The number of ether oxygens (including phenoxy) is 1. The summed E-state index contributed by atoms with van der Waals surface area (Å²) in [5.41, 5.74) is 3.81. The Morgan fingerprint density at radius 3 is 1.95 bits per heavy atom. The van der Waals surface area contributed by atoms with Gasteiger partial charge in [-0.3, -0.25) is 9.79 Å². The predicted molar refractivity (Wildman–Crippen MR) is 142 cm³/mol. The van der Waals surface area contributed by atoms with E-state index in [1.165, 1.54) is 0 Å². The second kappa shape index (κ2) is 12.0. The average Bonchev–Trinajstić information content (AvgIpc) is 3.05. The van der Waals surface area contributed by atoms with Crippen LogP contribution in [-0.4, -0.2) is 43.9 Å². The molecule has 0 amide bonds. The van der Waals surface area contributed by atoms with E-state index in [0.29, 0.717) is 33.4 Å². The second-order valence-electron chi connectivity index (χ2n) is 9.94. The van der Waals surface area contributed by atoms with Gasteiger partial charge in [0.1, 0.15) is 11.5 Å². The topological polar surface area (TPSA) is 113 Å². The largest absolute Gasteiger partial charge is 2.00 e. The zero-order valence-corrected chi connectivity index (χ0v) is 27.2. The molecule has 4 rings (SSSR count). The van der Waals surface area contributed by atoms with E-state index in [2.05, 4.69) is 0 Å². The summed E-state index contributed by atoms with van der Waals surface area (Å²) < 4.78 is 23.0. The molecule has 3 N–H and O–H groups in total. The minimum atomic E-state index is -4.80. The van der Waals surface area contributed by atoms with Gasteiger partial charge in [-0.15, -0.1) is 0 Å². The summed E-state index contributed by atoms with van der Waals surface area (Å²) in [6.45, 7) is 11.4. The number of phenols is 1. The van der Waals surface area contributed by atoms with Crippen molar-refractivity contribution in [3.63, 3.8) is 0 Å². The van der Waals surface area contributed by atoms with Crippen molar-refractivity contribution in [2.75, 3.05) is 0 Å². The first-order valence-corrected chi connectivity index (χ1v) is 13.4. The number of benzene rings is 3. The van der Waals surface area contributed by atoms with Gasteiger partial charge < -0.3 is 14.4 Å². The minimum Gasteiger partial charge on any atom is -0.508 e. The molecule has 190 valence electrons. The molecule has 1 atom stereocenters. The molecule has 1 aliphatic heterocycles. The Hall–Kier alpha value is -1.35. The first-order chi connectivity index (χ1) is 16.8. The van der Waals surface area contributed by atoms with E-state index in [1.807, 2.05) is 58.9 Å². The fraction of sp³-hybridized carbons (Fsp3) is 0.321. The van der Waals surface area contributed by atoms with E-state index < -0.39 is 19.4 Å². The SMILES string of the molecule is Cc1cc(O)c(C(C)C)cc1C1(c2cc(C(C)C)c(OP(=O)(O)O)cc2C)OC(=O)c2ccccc21.[Mg+2].[Na+]. The Morgan fingerprint density at radius 1 is 0.868 bits per heavy atom. The molecule has 3 aromatic rings. The van der Waals surface area contributed by atoms with Crippen LogP contribution in [0.1, 0.15) is 88.8 Å². The van der Waals surface area contributed by atoms with Crippen LogP contribution >= 0.6 is 7.82 Å². The molecule has 3 aromatic carbocycles. The number of rotatable bonds is 6.